The summed E-state index contributed by atoms with van der Waals surface area (Å²) >= 11 is 6.47. The normalized spacial score (nSPS) is 14.3. The molecule has 9 heteroatoms. The number of aromatic nitrogens is 2. The SMILES string of the molecule is CC(C)COc1c(CN)c(-c2ccc(O)cc2Cl)cn2c(C(=O)N3CCOCC3)cnc12. The number of hydrogen-bond donors (Lipinski definition) is 2. The standard InChI is InChI=1S/C23H27ClN4O4/c1-14(2)13-32-21-17(10-25)18(16-4-3-15(29)9-19(16)24)12-28-20(11-26-22(21)28)23(30)27-5-7-31-8-6-27/h3-4,9,11-12,14,29H,5-8,10,13,25H2,1-2H3. The number of carbonyl (C=O) groups excluding carboxylic acids is 1. The molecule has 1 fully saturated rings. The van der Waals surface area contributed by atoms with Gasteiger partial charge in [-0.25, -0.2) is 4.98 Å². The fraction of sp³-hybridized carbons (Fsp3) is 0.391. The highest BCUT2D eigenvalue weighted by molar-refractivity contribution is 6.33. The lowest BCUT2D eigenvalue weighted by Gasteiger charge is -2.26. The van der Waals surface area contributed by atoms with Gasteiger partial charge in [0.2, 0.25) is 0 Å². The minimum Gasteiger partial charge on any atom is -0.508 e. The largest absolute Gasteiger partial charge is 0.508 e. The molecule has 0 unspecified atom stereocenters. The van der Waals surface area contributed by atoms with Gasteiger partial charge in [-0.15, -0.1) is 0 Å². The van der Waals surface area contributed by atoms with Gasteiger partial charge in [0.05, 0.1) is 31.0 Å². The number of ether oxygens (including phenoxy) is 2. The second kappa shape index (κ2) is 9.36. The molecular weight excluding hydrogens is 432 g/mol. The van der Waals surface area contributed by atoms with Crippen molar-refractivity contribution in [3.8, 4) is 22.6 Å². The molecule has 3 heterocycles. The van der Waals surface area contributed by atoms with Crippen molar-refractivity contribution < 1.29 is 19.4 Å². The van der Waals surface area contributed by atoms with Crippen LogP contribution in [0.3, 0.4) is 0 Å². The minimum absolute atomic E-state index is 0.0659. The Kier molecular flexibility index (Phi) is 6.55. The molecule has 0 atom stereocenters. The number of rotatable bonds is 6. The maximum atomic E-state index is 13.3. The van der Waals surface area contributed by atoms with E-state index in [4.69, 9.17) is 26.8 Å². The fourth-order valence-corrected chi connectivity index (χ4v) is 4.05. The molecule has 8 nitrogen and oxygen atoms in total. The van der Waals surface area contributed by atoms with E-state index < -0.39 is 0 Å². The second-order valence-corrected chi connectivity index (χ2v) is 8.57. The van der Waals surface area contributed by atoms with Gasteiger partial charge in [-0.05, 0) is 24.1 Å². The van der Waals surface area contributed by atoms with E-state index in [0.29, 0.717) is 60.6 Å². The summed E-state index contributed by atoms with van der Waals surface area (Å²) in [4.78, 5) is 19.5. The molecule has 1 saturated heterocycles. The average molecular weight is 459 g/mol. The van der Waals surface area contributed by atoms with E-state index in [9.17, 15) is 9.90 Å². The number of benzene rings is 1. The molecule has 170 valence electrons. The zero-order valence-electron chi connectivity index (χ0n) is 18.2. The number of fused-ring (bicyclic) bond motifs is 1. The van der Waals surface area contributed by atoms with Crippen molar-refractivity contribution in [3.63, 3.8) is 0 Å². The lowest BCUT2D eigenvalue weighted by Crippen LogP contribution is -2.41. The first-order chi connectivity index (χ1) is 15.4. The van der Waals surface area contributed by atoms with E-state index in [1.54, 1.807) is 27.6 Å². The Labute approximate surface area is 191 Å². The summed E-state index contributed by atoms with van der Waals surface area (Å²) in [5, 5.41) is 10.2. The van der Waals surface area contributed by atoms with Gasteiger partial charge < -0.3 is 25.2 Å². The lowest BCUT2D eigenvalue weighted by molar-refractivity contribution is 0.0298. The van der Waals surface area contributed by atoms with Crippen molar-refractivity contribution in [3.05, 3.63) is 46.9 Å². The highest BCUT2D eigenvalue weighted by Gasteiger charge is 2.26. The van der Waals surface area contributed by atoms with Crippen LogP contribution >= 0.6 is 11.6 Å². The number of pyridine rings is 1. The van der Waals surface area contributed by atoms with Crippen LogP contribution in [0.15, 0.2) is 30.6 Å². The number of nitrogens with zero attached hydrogens (tertiary/aromatic N) is 3. The minimum atomic E-state index is -0.126. The third-order valence-corrected chi connectivity index (χ3v) is 5.70. The smallest absolute Gasteiger partial charge is 0.272 e. The first-order valence-electron chi connectivity index (χ1n) is 10.6. The third-order valence-electron chi connectivity index (χ3n) is 5.38. The molecule has 3 N–H and O–H groups in total. The summed E-state index contributed by atoms with van der Waals surface area (Å²) in [6.07, 6.45) is 3.39. The summed E-state index contributed by atoms with van der Waals surface area (Å²) in [6.45, 7) is 6.84. The van der Waals surface area contributed by atoms with Crippen LogP contribution in [0.5, 0.6) is 11.5 Å². The molecule has 0 bridgehead atoms. The van der Waals surface area contributed by atoms with Gasteiger partial charge in [0.1, 0.15) is 11.4 Å². The van der Waals surface area contributed by atoms with Crippen LogP contribution in [0.4, 0.5) is 0 Å². The molecule has 1 amide bonds. The predicted molar refractivity (Wildman–Crippen MR) is 122 cm³/mol. The number of amides is 1. The fourth-order valence-electron chi connectivity index (χ4n) is 3.77. The van der Waals surface area contributed by atoms with Gasteiger partial charge in [-0.2, -0.15) is 0 Å². The number of hydrogen-bond acceptors (Lipinski definition) is 6. The van der Waals surface area contributed by atoms with Crippen LogP contribution in [-0.4, -0.2) is 58.2 Å². The molecule has 0 radical (unpaired) electrons. The third kappa shape index (κ3) is 4.26. The Morgan fingerprint density at radius 3 is 2.72 bits per heavy atom. The van der Waals surface area contributed by atoms with Gasteiger partial charge in [0.15, 0.2) is 11.4 Å². The van der Waals surface area contributed by atoms with Gasteiger partial charge in [0, 0.05) is 42.5 Å². The Hall–Kier alpha value is -2.81. The summed E-state index contributed by atoms with van der Waals surface area (Å²) in [6, 6.07) is 4.77. The maximum absolute atomic E-state index is 13.3. The van der Waals surface area contributed by atoms with Crippen LogP contribution in [0.1, 0.15) is 29.9 Å². The summed E-state index contributed by atoms with van der Waals surface area (Å²) in [5.41, 5.74) is 9.25. The van der Waals surface area contributed by atoms with Gasteiger partial charge >= 0.3 is 0 Å². The highest BCUT2D eigenvalue weighted by Crippen LogP contribution is 2.38. The van der Waals surface area contributed by atoms with Crippen molar-refractivity contribution in [1.82, 2.24) is 14.3 Å². The zero-order valence-corrected chi connectivity index (χ0v) is 18.9. The molecule has 0 spiro atoms. The van der Waals surface area contributed by atoms with E-state index in [1.165, 1.54) is 6.07 Å². The number of halogens is 1. The van der Waals surface area contributed by atoms with E-state index in [-0.39, 0.29) is 24.1 Å². The van der Waals surface area contributed by atoms with Gasteiger partial charge in [0.25, 0.3) is 5.91 Å². The molecule has 2 aromatic heterocycles. The molecule has 3 aromatic rings. The van der Waals surface area contributed by atoms with Crippen LogP contribution in [-0.2, 0) is 11.3 Å². The predicted octanol–water partition coefficient (Wildman–Crippen LogP) is 3.33. The average Bonchev–Trinajstić information content (AvgIpc) is 3.20. The van der Waals surface area contributed by atoms with Gasteiger partial charge in [-0.3, -0.25) is 9.20 Å². The number of carbonyl (C=O) groups is 1. The van der Waals surface area contributed by atoms with Crippen molar-refractivity contribution in [1.29, 1.82) is 0 Å². The highest BCUT2D eigenvalue weighted by atomic mass is 35.5. The Bertz CT molecular complexity index is 1140. The Balaban J connectivity index is 1.92. The molecule has 1 aliphatic heterocycles. The molecule has 0 aliphatic carbocycles. The van der Waals surface area contributed by atoms with Gasteiger partial charge in [-0.1, -0.05) is 25.4 Å². The zero-order chi connectivity index (χ0) is 22.8. The van der Waals surface area contributed by atoms with E-state index in [2.05, 4.69) is 18.8 Å². The van der Waals surface area contributed by atoms with Crippen LogP contribution in [0.2, 0.25) is 5.02 Å². The topological polar surface area (TPSA) is 102 Å². The maximum Gasteiger partial charge on any atom is 0.272 e. The first kappa shape index (κ1) is 22.4. The van der Waals surface area contributed by atoms with E-state index >= 15 is 0 Å². The van der Waals surface area contributed by atoms with Crippen LogP contribution in [0.25, 0.3) is 16.8 Å². The number of phenolic OH excluding ortho intramolecular Hbond substituents is 1. The first-order valence-corrected chi connectivity index (χ1v) is 11.0. The van der Waals surface area contributed by atoms with E-state index in [1.807, 2.05) is 6.20 Å². The number of phenols is 1. The molecule has 1 aliphatic rings. The Morgan fingerprint density at radius 2 is 2.06 bits per heavy atom. The van der Waals surface area contributed by atoms with Crippen molar-refractivity contribution in [2.24, 2.45) is 11.7 Å². The number of imidazole rings is 1. The summed E-state index contributed by atoms with van der Waals surface area (Å²) in [5.74, 6) is 0.755. The molecule has 1 aromatic carbocycles. The number of nitrogens with two attached hydrogens (primary N) is 1. The molecule has 0 saturated carbocycles. The summed E-state index contributed by atoms with van der Waals surface area (Å²) < 4.78 is 13.3. The number of aromatic hydroxyl groups is 1. The monoisotopic (exact) mass is 458 g/mol. The second-order valence-electron chi connectivity index (χ2n) is 8.17. The molecule has 4 rings (SSSR count). The molecule has 32 heavy (non-hydrogen) atoms. The van der Waals surface area contributed by atoms with Crippen molar-refractivity contribution in [2.75, 3.05) is 32.9 Å². The van der Waals surface area contributed by atoms with Crippen LogP contribution in [0, 0.1) is 5.92 Å². The molecular formula is C23H27ClN4O4. The lowest BCUT2D eigenvalue weighted by atomic mass is 10.0. The number of morpholine rings is 1. The summed E-state index contributed by atoms with van der Waals surface area (Å²) in [7, 11) is 0. The Morgan fingerprint density at radius 1 is 1.31 bits per heavy atom. The van der Waals surface area contributed by atoms with Crippen LogP contribution < -0.4 is 10.5 Å². The van der Waals surface area contributed by atoms with E-state index in [0.717, 1.165) is 11.1 Å². The quantitative estimate of drug-likeness (QED) is 0.587. The van der Waals surface area contributed by atoms with Crippen molar-refractivity contribution >= 4 is 23.2 Å². The van der Waals surface area contributed by atoms with Crippen molar-refractivity contribution in [2.45, 2.75) is 20.4 Å².